The highest BCUT2D eigenvalue weighted by Gasteiger charge is 2.31. The van der Waals surface area contributed by atoms with Gasteiger partial charge in [0.25, 0.3) is 5.91 Å². The van der Waals surface area contributed by atoms with Crippen LogP contribution in [-0.2, 0) is 4.74 Å². The fraction of sp³-hybridized carbons (Fsp3) is 0.0833. The van der Waals surface area contributed by atoms with Crippen molar-refractivity contribution >= 4 is 33.5 Å². The van der Waals surface area contributed by atoms with Gasteiger partial charge in [-0.1, -0.05) is 72.8 Å². The van der Waals surface area contributed by atoms with Crippen LogP contribution in [-0.4, -0.2) is 30.1 Å². The Morgan fingerprint density at radius 2 is 1.46 bits per heavy atom. The van der Waals surface area contributed by atoms with Crippen molar-refractivity contribution in [3.05, 3.63) is 84.4 Å². The summed E-state index contributed by atoms with van der Waals surface area (Å²) in [6.45, 7) is 0.515. The molecule has 0 spiro atoms. The number of imide groups is 1. The third-order valence-corrected chi connectivity index (χ3v) is 5.22. The molecule has 0 saturated carbocycles. The van der Waals surface area contributed by atoms with Crippen LogP contribution in [0.25, 0.3) is 32.7 Å². The number of cyclic esters (lactones) is 1. The maximum Gasteiger partial charge on any atom is 0.416 e. The number of benzene rings is 4. The van der Waals surface area contributed by atoms with Crippen LogP contribution in [0, 0.1) is 0 Å². The summed E-state index contributed by atoms with van der Waals surface area (Å²) in [5.41, 5.74) is 2.33. The Balaban J connectivity index is 1.83. The highest BCUT2D eigenvalue weighted by atomic mass is 16.6. The lowest BCUT2D eigenvalue weighted by atomic mass is 9.89. The molecule has 2 amide bonds. The monoisotopic (exact) mass is 367 g/mol. The highest BCUT2D eigenvalue weighted by Crippen LogP contribution is 2.37. The number of rotatable bonds is 2. The predicted molar refractivity (Wildman–Crippen MR) is 109 cm³/mol. The first-order valence-corrected chi connectivity index (χ1v) is 9.22. The molecule has 28 heavy (non-hydrogen) atoms. The lowest BCUT2D eigenvalue weighted by Gasteiger charge is -2.18. The molecule has 0 unspecified atom stereocenters. The molecule has 1 fully saturated rings. The van der Waals surface area contributed by atoms with E-state index in [0.29, 0.717) is 5.56 Å². The SMILES string of the molecule is O=C1OCCN1C(=O)c1ccc2ccccc2c1-c1cccc2ccccc12. The predicted octanol–water partition coefficient (Wildman–Crippen LogP) is 5.25. The standard InChI is InChI=1S/C24H17NO3/c26-23(25-14-15-28-24(25)27)21-13-12-17-7-2-4-10-19(17)22(21)20-11-5-8-16-6-1-3-9-18(16)20/h1-13H,14-15H2. The zero-order chi connectivity index (χ0) is 19.1. The molecule has 0 atom stereocenters. The van der Waals surface area contributed by atoms with Gasteiger partial charge < -0.3 is 4.74 Å². The minimum atomic E-state index is -0.581. The number of carbonyl (C=O) groups is 2. The quantitative estimate of drug-likeness (QED) is 0.486. The number of carbonyl (C=O) groups excluding carboxylic acids is 2. The van der Waals surface area contributed by atoms with E-state index >= 15 is 0 Å². The fourth-order valence-corrected chi connectivity index (χ4v) is 3.91. The molecule has 0 N–H and O–H groups in total. The third-order valence-electron chi connectivity index (χ3n) is 5.22. The Morgan fingerprint density at radius 3 is 2.21 bits per heavy atom. The van der Waals surface area contributed by atoms with Gasteiger partial charge >= 0.3 is 6.09 Å². The molecular formula is C24H17NO3. The van der Waals surface area contributed by atoms with Gasteiger partial charge in [0.05, 0.1) is 6.54 Å². The van der Waals surface area contributed by atoms with Crippen LogP contribution in [0.2, 0.25) is 0 Å². The van der Waals surface area contributed by atoms with Gasteiger partial charge in [0.2, 0.25) is 0 Å². The molecule has 1 heterocycles. The van der Waals surface area contributed by atoms with Crippen molar-refractivity contribution in [2.75, 3.05) is 13.2 Å². The summed E-state index contributed by atoms with van der Waals surface area (Å²) < 4.78 is 4.98. The lowest BCUT2D eigenvalue weighted by Crippen LogP contribution is -2.32. The molecule has 0 bridgehead atoms. The van der Waals surface area contributed by atoms with E-state index in [2.05, 4.69) is 18.2 Å². The van der Waals surface area contributed by atoms with Crippen molar-refractivity contribution in [2.45, 2.75) is 0 Å². The average molecular weight is 367 g/mol. The Labute approximate surface area is 162 Å². The summed E-state index contributed by atoms with van der Waals surface area (Å²) in [7, 11) is 0. The Bertz CT molecular complexity index is 1240. The van der Waals surface area contributed by atoms with Crippen molar-refractivity contribution in [1.82, 2.24) is 4.90 Å². The van der Waals surface area contributed by atoms with Crippen LogP contribution in [0.1, 0.15) is 10.4 Å². The van der Waals surface area contributed by atoms with Crippen molar-refractivity contribution in [1.29, 1.82) is 0 Å². The lowest BCUT2D eigenvalue weighted by molar-refractivity contribution is 0.0810. The molecule has 5 rings (SSSR count). The minimum Gasteiger partial charge on any atom is -0.447 e. The first-order valence-electron chi connectivity index (χ1n) is 9.22. The molecule has 4 heteroatoms. The second-order valence-electron chi connectivity index (χ2n) is 6.81. The summed E-state index contributed by atoms with van der Waals surface area (Å²) in [4.78, 5) is 26.4. The van der Waals surface area contributed by atoms with E-state index in [1.165, 1.54) is 4.90 Å². The van der Waals surface area contributed by atoms with Crippen molar-refractivity contribution < 1.29 is 14.3 Å². The van der Waals surface area contributed by atoms with E-state index in [-0.39, 0.29) is 19.1 Å². The van der Waals surface area contributed by atoms with Crippen LogP contribution >= 0.6 is 0 Å². The van der Waals surface area contributed by atoms with Crippen LogP contribution < -0.4 is 0 Å². The first kappa shape index (κ1) is 16.5. The maximum absolute atomic E-state index is 13.3. The van der Waals surface area contributed by atoms with Crippen LogP contribution in [0.4, 0.5) is 4.79 Å². The summed E-state index contributed by atoms with van der Waals surface area (Å²) in [5.74, 6) is -0.323. The van der Waals surface area contributed by atoms with Gasteiger partial charge in [0, 0.05) is 11.1 Å². The van der Waals surface area contributed by atoms with Gasteiger partial charge in [-0.2, -0.15) is 0 Å². The second-order valence-corrected chi connectivity index (χ2v) is 6.81. The van der Waals surface area contributed by atoms with Crippen molar-refractivity contribution in [2.24, 2.45) is 0 Å². The molecule has 4 aromatic rings. The zero-order valence-electron chi connectivity index (χ0n) is 15.1. The molecule has 1 aliphatic heterocycles. The number of nitrogens with zero attached hydrogens (tertiary/aromatic N) is 1. The Kier molecular flexibility index (Phi) is 3.83. The van der Waals surface area contributed by atoms with Crippen molar-refractivity contribution in [3.63, 3.8) is 0 Å². The summed E-state index contributed by atoms with van der Waals surface area (Å²) >= 11 is 0. The maximum atomic E-state index is 13.3. The topological polar surface area (TPSA) is 46.6 Å². The number of amides is 2. The molecule has 0 aliphatic carbocycles. The van der Waals surface area contributed by atoms with Gasteiger partial charge in [0.1, 0.15) is 6.61 Å². The van der Waals surface area contributed by atoms with E-state index < -0.39 is 6.09 Å². The highest BCUT2D eigenvalue weighted by molar-refractivity contribution is 6.16. The molecule has 136 valence electrons. The largest absolute Gasteiger partial charge is 0.447 e. The normalized spacial score (nSPS) is 13.9. The number of hydrogen-bond acceptors (Lipinski definition) is 3. The van der Waals surface area contributed by atoms with E-state index in [9.17, 15) is 9.59 Å². The third kappa shape index (κ3) is 2.54. The second kappa shape index (κ2) is 6.50. The Hall–Kier alpha value is -3.66. The Morgan fingerprint density at radius 1 is 0.786 bits per heavy atom. The van der Waals surface area contributed by atoms with Crippen molar-refractivity contribution in [3.8, 4) is 11.1 Å². The molecule has 4 nitrogen and oxygen atoms in total. The average Bonchev–Trinajstić information content (AvgIpc) is 3.18. The minimum absolute atomic E-state index is 0.238. The molecular weight excluding hydrogens is 350 g/mol. The first-order chi connectivity index (χ1) is 13.7. The molecule has 0 aromatic heterocycles. The van der Waals surface area contributed by atoms with Gasteiger partial charge in [-0.25, -0.2) is 9.69 Å². The van der Waals surface area contributed by atoms with Crippen LogP contribution in [0.15, 0.2) is 78.9 Å². The number of fused-ring (bicyclic) bond motifs is 2. The summed E-state index contributed by atoms with van der Waals surface area (Å²) in [6, 6.07) is 25.9. The molecule has 1 aliphatic rings. The smallest absolute Gasteiger partial charge is 0.416 e. The van der Waals surface area contributed by atoms with Gasteiger partial charge in [-0.3, -0.25) is 4.79 Å². The van der Waals surface area contributed by atoms with E-state index in [1.54, 1.807) is 0 Å². The van der Waals surface area contributed by atoms with Gasteiger partial charge in [-0.15, -0.1) is 0 Å². The number of hydrogen-bond donors (Lipinski definition) is 0. The van der Waals surface area contributed by atoms with E-state index in [4.69, 9.17) is 4.74 Å². The summed E-state index contributed by atoms with van der Waals surface area (Å²) in [5, 5.41) is 4.20. The molecule has 1 saturated heterocycles. The fourth-order valence-electron chi connectivity index (χ4n) is 3.91. The van der Waals surface area contributed by atoms with Crippen LogP contribution in [0.3, 0.4) is 0 Å². The van der Waals surface area contributed by atoms with E-state index in [1.807, 2.05) is 60.7 Å². The van der Waals surface area contributed by atoms with E-state index in [0.717, 1.165) is 32.7 Å². The zero-order valence-corrected chi connectivity index (χ0v) is 15.1. The van der Waals surface area contributed by atoms with Gasteiger partial charge in [0.15, 0.2) is 0 Å². The van der Waals surface area contributed by atoms with Crippen LogP contribution in [0.5, 0.6) is 0 Å². The summed E-state index contributed by atoms with van der Waals surface area (Å²) in [6.07, 6.45) is -0.581. The molecule has 4 aromatic carbocycles. The number of ether oxygens (including phenoxy) is 1. The molecule has 0 radical (unpaired) electrons. The van der Waals surface area contributed by atoms with Gasteiger partial charge in [-0.05, 0) is 33.2 Å².